The molecule has 3 aromatic heterocycles. The van der Waals surface area contributed by atoms with Gasteiger partial charge in [-0.25, -0.2) is 14.4 Å². The normalized spacial score (nSPS) is 17.9. The van der Waals surface area contributed by atoms with Crippen molar-refractivity contribution in [2.75, 3.05) is 25.0 Å². The van der Waals surface area contributed by atoms with Crippen molar-refractivity contribution in [1.29, 1.82) is 5.41 Å². The molecule has 0 amide bonds. The summed E-state index contributed by atoms with van der Waals surface area (Å²) in [6, 6.07) is 9.60. The van der Waals surface area contributed by atoms with E-state index in [1.165, 1.54) is 12.0 Å². The van der Waals surface area contributed by atoms with Crippen LogP contribution in [-0.4, -0.2) is 65.8 Å². The Kier molecular flexibility index (Phi) is 7.00. The van der Waals surface area contributed by atoms with Crippen LogP contribution in [0.15, 0.2) is 55.2 Å². The van der Waals surface area contributed by atoms with Crippen molar-refractivity contribution in [2.24, 2.45) is 0 Å². The minimum absolute atomic E-state index is 0.0677. The summed E-state index contributed by atoms with van der Waals surface area (Å²) in [5.74, 6) is 1.03. The summed E-state index contributed by atoms with van der Waals surface area (Å²) in [5.41, 5.74) is 4.87. The van der Waals surface area contributed by atoms with E-state index in [0.29, 0.717) is 38.5 Å². The van der Waals surface area contributed by atoms with Crippen LogP contribution >= 0.6 is 23.2 Å². The summed E-state index contributed by atoms with van der Waals surface area (Å²) in [5, 5.41) is 18.4. The molecule has 0 spiro atoms. The Morgan fingerprint density at radius 2 is 2.00 bits per heavy atom. The number of anilines is 1. The summed E-state index contributed by atoms with van der Waals surface area (Å²) in [4.78, 5) is 14.2. The molecule has 5 aromatic rings. The number of alkyl halides is 1. The molecule has 9 nitrogen and oxygen atoms in total. The Hall–Kier alpha value is -3.73. The fraction of sp³-hybridized carbons (Fsp3) is 0.333. The number of halogens is 3. The molecule has 42 heavy (non-hydrogen) atoms. The highest BCUT2D eigenvalue weighted by molar-refractivity contribution is 6.42. The van der Waals surface area contributed by atoms with Crippen LogP contribution in [0.4, 0.5) is 10.3 Å². The number of imidazole rings is 2. The van der Waals surface area contributed by atoms with Crippen LogP contribution in [0.2, 0.25) is 10.0 Å². The van der Waals surface area contributed by atoms with Crippen LogP contribution in [0.5, 0.6) is 0 Å². The number of rotatable bonds is 8. The number of nitrogens with one attached hydrogen (secondary N) is 3. The molecule has 1 saturated heterocycles. The van der Waals surface area contributed by atoms with Gasteiger partial charge in [0.2, 0.25) is 5.95 Å². The van der Waals surface area contributed by atoms with Crippen LogP contribution in [-0.2, 0) is 13.0 Å². The van der Waals surface area contributed by atoms with Gasteiger partial charge in [0.25, 0.3) is 0 Å². The number of nitrogens with zero attached hydrogens (tertiary/aromatic N) is 6. The maximum atomic E-state index is 14.3. The molecule has 2 aliphatic heterocycles. The first-order valence-electron chi connectivity index (χ1n) is 14.1. The highest BCUT2D eigenvalue weighted by Gasteiger charge is 2.33. The molecule has 12 heteroatoms. The summed E-state index contributed by atoms with van der Waals surface area (Å²) in [6.45, 7) is 5.80. The molecular weight excluding hydrogens is 576 g/mol. The molecule has 0 radical (unpaired) electrons. The maximum absolute atomic E-state index is 14.3. The number of likely N-dealkylation sites (tertiary alicyclic amines) is 1. The number of aromatic nitrogens is 6. The zero-order valence-electron chi connectivity index (χ0n) is 23.0. The Morgan fingerprint density at radius 3 is 2.74 bits per heavy atom. The van der Waals surface area contributed by atoms with Crippen molar-refractivity contribution < 1.29 is 4.39 Å². The van der Waals surface area contributed by atoms with E-state index in [0.717, 1.165) is 36.5 Å². The van der Waals surface area contributed by atoms with E-state index in [9.17, 15) is 4.39 Å². The Labute approximate surface area is 252 Å². The third-order valence-corrected chi connectivity index (χ3v) is 8.93. The van der Waals surface area contributed by atoms with Gasteiger partial charge in [0.15, 0.2) is 6.04 Å². The number of hydrogen-bond acceptors (Lipinski definition) is 5. The van der Waals surface area contributed by atoms with Crippen molar-refractivity contribution in [1.82, 2.24) is 34.2 Å². The standard InChI is InChI=1S/C30H30Cl2FN9/c1-2-9-40-12-19(13-40)17-3-5-18(6-4-17)21-11-23(31)22-15-42(39-26(22)25(21)32)28(29(34)38-30-35-7-8-36-30)27-24-10-20(33)14-41(24)16-37-27/h3-8,11,15-16,19-20,28H,2,9-10,12-14H2,1H3,(H3,34,35,36,38)/t20-,28?/m1/s1. The van der Waals surface area contributed by atoms with Crippen molar-refractivity contribution in [2.45, 2.75) is 44.4 Å². The second-order valence-corrected chi connectivity index (χ2v) is 11.9. The van der Waals surface area contributed by atoms with Crippen LogP contribution in [0, 0.1) is 5.41 Å². The van der Waals surface area contributed by atoms with Gasteiger partial charge in [-0.15, -0.1) is 0 Å². The van der Waals surface area contributed by atoms with Crippen molar-refractivity contribution >= 4 is 45.9 Å². The van der Waals surface area contributed by atoms with Crippen LogP contribution < -0.4 is 5.32 Å². The molecule has 5 heterocycles. The van der Waals surface area contributed by atoms with Crippen molar-refractivity contribution in [3.63, 3.8) is 0 Å². The zero-order chi connectivity index (χ0) is 29.0. The molecule has 0 bridgehead atoms. The van der Waals surface area contributed by atoms with Gasteiger partial charge < -0.3 is 19.8 Å². The van der Waals surface area contributed by atoms with Gasteiger partial charge in [-0.05, 0) is 30.2 Å². The molecule has 3 N–H and O–H groups in total. The largest absolute Gasteiger partial charge is 0.331 e. The average Bonchev–Trinajstić information content (AvgIpc) is 3.75. The molecule has 2 aliphatic rings. The number of benzene rings is 2. The lowest BCUT2D eigenvalue weighted by atomic mass is 9.90. The SMILES string of the molecule is CCCN1CC(c2ccc(-c3cc(Cl)c4cn(C(C(=N)Nc5ncc[nH]5)c5ncn6c5C[C@@H](F)C6)nc4c3Cl)cc2)C1. The lowest BCUT2D eigenvalue weighted by Crippen LogP contribution is -2.45. The van der Waals surface area contributed by atoms with Crippen LogP contribution in [0.3, 0.4) is 0 Å². The van der Waals surface area contributed by atoms with E-state index in [1.54, 1.807) is 34.2 Å². The third kappa shape index (κ3) is 4.77. The monoisotopic (exact) mass is 605 g/mol. The van der Waals surface area contributed by atoms with Gasteiger partial charge in [-0.2, -0.15) is 5.10 Å². The Balaban J connectivity index is 1.24. The lowest BCUT2D eigenvalue weighted by Gasteiger charge is -2.39. The number of hydrogen-bond donors (Lipinski definition) is 3. The van der Waals surface area contributed by atoms with Crippen molar-refractivity contribution in [3.05, 3.63) is 82.2 Å². The first-order valence-corrected chi connectivity index (χ1v) is 14.9. The highest BCUT2D eigenvalue weighted by Crippen LogP contribution is 2.40. The van der Waals surface area contributed by atoms with Crippen molar-refractivity contribution in [3.8, 4) is 11.1 Å². The first-order chi connectivity index (χ1) is 20.4. The fourth-order valence-corrected chi connectivity index (χ4v) is 6.67. The highest BCUT2D eigenvalue weighted by atomic mass is 35.5. The summed E-state index contributed by atoms with van der Waals surface area (Å²) in [6.07, 6.45) is 7.04. The minimum Gasteiger partial charge on any atom is -0.331 e. The molecular formula is C30H30Cl2FN9. The van der Waals surface area contributed by atoms with Gasteiger partial charge in [-0.3, -0.25) is 10.1 Å². The van der Waals surface area contributed by atoms with E-state index < -0.39 is 12.2 Å². The fourth-order valence-electron chi connectivity index (χ4n) is 6.12. The summed E-state index contributed by atoms with van der Waals surface area (Å²) in [7, 11) is 0. The molecule has 1 unspecified atom stereocenters. The molecule has 0 saturated carbocycles. The summed E-state index contributed by atoms with van der Waals surface area (Å²) < 4.78 is 17.7. The van der Waals surface area contributed by atoms with Gasteiger partial charge in [-0.1, -0.05) is 54.4 Å². The molecule has 216 valence electrons. The van der Waals surface area contributed by atoms with E-state index in [-0.39, 0.29) is 18.8 Å². The van der Waals surface area contributed by atoms with E-state index in [4.69, 9.17) is 33.7 Å². The number of fused-ring (bicyclic) bond motifs is 2. The van der Waals surface area contributed by atoms with Gasteiger partial charge in [0.1, 0.15) is 17.5 Å². The van der Waals surface area contributed by atoms with E-state index >= 15 is 0 Å². The third-order valence-electron chi connectivity index (χ3n) is 8.23. The van der Waals surface area contributed by atoms with Crippen LogP contribution in [0.25, 0.3) is 22.0 Å². The second-order valence-electron chi connectivity index (χ2n) is 11.1. The maximum Gasteiger partial charge on any atom is 0.205 e. The summed E-state index contributed by atoms with van der Waals surface area (Å²) >= 11 is 13.8. The van der Waals surface area contributed by atoms with E-state index in [1.807, 2.05) is 6.07 Å². The molecule has 0 aliphatic carbocycles. The predicted octanol–water partition coefficient (Wildman–Crippen LogP) is 6.31. The van der Waals surface area contributed by atoms with Gasteiger partial charge in [0, 0.05) is 60.7 Å². The number of H-pyrrole nitrogens is 1. The second kappa shape index (κ2) is 10.8. The Morgan fingerprint density at radius 1 is 1.19 bits per heavy atom. The molecule has 1 fully saturated rings. The lowest BCUT2D eigenvalue weighted by molar-refractivity contribution is 0.149. The molecule has 7 rings (SSSR count). The average molecular weight is 607 g/mol. The van der Waals surface area contributed by atoms with Gasteiger partial charge in [0.05, 0.1) is 28.6 Å². The molecule has 2 atom stereocenters. The molecule has 2 aromatic carbocycles. The zero-order valence-corrected chi connectivity index (χ0v) is 24.5. The van der Waals surface area contributed by atoms with Gasteiger partial charge >= 0.3 is 0 Å². The number of amidine groups is 1. The first kappa shape index (κ1) is 27.1. The predicted molar refractivity (Wildman–Crippen MR) is 164 cm³/mol. The smallest absolute Gasteiger partial charge is 0.205 e. The van der Waals surface area contributed by atoms with Crippen LogP contribution in [0.1, 0.15) is 42.3 Å². The number of aromatic amines is 1. The minimum atomic E-state index is -0.997. The Bertz CT molecular complexity index is 1750. The van der Waals surface area contributed by atoms with E-state index in [2.05, 4.69) is 56.4 Å². The quantitative estimate of drug-likeness (QED) is 0.142. The topological polar surface area (TPSA) is 103 Å².